The number of rotatable bonds is 12. The number of methoxy groups -OCH3 is 1. The summed E-state index contributed by atoms with van der Waals surface area (Å²) in [5.74, 6) is 1.74. The summed E-state index contributed by atoms with van der Waals surface area (Å²) < 4.78 is 24.2. The molecule has 300 valence electrons. The molecule has 2 fully saturated rings. The molecule has 2 aromatic rings. The maximum Gasteiger partial charge on any atom is 0.410 e. The zero-order valence-corrected chi connectivity index (χ0v) is 33.9. The van der Waals surface area contributed by atoms with E-state index in [1.54, 1.807) is 24.3 Å². The first-order valence-electron chi connectivity index (χ1n) is 19.2. The molecule has 3 aliphatic rings. The van der Waals surface area contributed by atoms with Crippen LogP contribution in [0.3, 0.4) is 0 Å². The molecule has 1 saturated carbocycles. The molecule has 1 aliphatic carbocycles. The molecule has 1 unspecified atom stereocenters. The van der Waals surface area contributed by atoms with E-state index in [1.807, 2.05) is 85.8 Å². The van der Waals surface area contributed by atoms with Crippen molar-refractivity contribution in [2.75, 3.05) is 26.8 Å². The highest BCUT2D eigenvalue weighted by atomic mass is 16.6. The van der Waals surface area contributed by atoms with Crippen molar-refractivity contribution in [3.05, 3.63) is 70.1 Å². The molecule has 5 N–H and O–H groups in total. The minimum atomic E-state index is -0.884. The van der Waals surface area contributed by atoms with Crippen molar-refractivity contribution in [3.8, 4) is 23.0 Å². The standard InChI is InChI=1S/C43H60N4O8/c1-26(2)12-15-32-33(48)18-28(19-35(32)53-25-30(46-44)23-45-24-31-11-10-16-47(31)40(51)55-41(3,4)5)14-13-27-17-29-21-37-42(6,7)39(50)34(49)22-43(37,8)54-38(29)36(20-27)52-9/h12-14,17-20,23,31,34,37,39,44-45,48-50H,10-11,15-16,21-22,24-25H2,1-9H3/b14-13+,30-23-,46-44?/t31?,34-,37-,39-,43-/m1/s1. The third-order valence-electron chi connectivity index (χ3n) is 11.0. The minimum Gasteiger partial charge on any atom is -0.507 e. The zero-order valence-electron chi connectivity index (χ0n) is 33.9. The van der Waals surface area contributed by atoms with Gasteiger partial charge in [-0.15, -0.1) is 0 Å². The Morgan fingerprint density at radius 3 is 2.45 bits per heavy atom. The molecular weight excluding hydrogens is 700 g/mol. The van der Waals surface area contributed by atoms with Crippen LogP contribution in [-0.4, -0.2) is 82.6 Å². The predicted octanol–water partition coefficient (Wildman–Crippen LogP) is 7.78. The van der Waals surface area contributed by atoms with Crippen LogP contribution < -0.4 is 19.5 Å². The monoisotopic (exact) mass is 760 g/mol. The SMILES string of the molecule is COc1cc(/C=C/c2cc(O)c(CC=C(C)C)c(OC/C(=C/NCC3CCCN3C(=O)OC(C)(C)C)N=N)c2)cc2c1O[C@]1(C)C[C@@H](O)[C@@H](O)C(C)(C)[C@H]1C2. The number of allylic oxidation sites excluding steroid dienone is 2. The summed E-state index contributed by atoms with van der Waals surface area (Å²) in [6, 6.07) is 7.47. The number of phenolic OH excluding ortho intramolecular Hbond substituents is 1. The van der Waals surface area contributed by atoms with Crippen molar-refractivity contribution in [1.82, 2.24) is 10.2 Å². The molecule has 0 spiro atoms. The average molecular weight is 761 g/mol. The average Bonchev–Trinajstić information content (AvgIpc) is 3.58. The van der Waals surface area contributed by atoms with Crippen molar-refractivity contribution in [2.45, 2.75) is 117 Å². The highest BCUT2D eigenvalue weighted by Crippen LogP contribution is 2.55. The van der Waals surface area contributed by atoms with Gasteiger partial charge >= 0.3 is 6.09 Å². The summed E-state index contributed by atoms with van der Waals surface area (Å²) in [6.07, 6.45) is 8.55. The van der Waals surface area contributed by atoms with Gasteiger partial charge in [-0.05, 0) is 108 Å². The summed E-state index contributed by atoms with van der Waals surface area (Å²) in [4.78, 5) is 14.5. The summed E-state index contributed by atoms with van der Waals surface area (Å²) >= 11 is 0. The molecule has 0 aromatic heterocycles. The lowest BCUT2D eigenvalue weighted by Gasteiger charge is -2.56. The first-order valence-corrected chi connectivity index (χ1v) is 19.2. The van der Waals surface area contributed by atoms with Gasteiger partial charge in [0.1, 0.15) is 35.0 Å². The number of aromatic hydroxyl groups is 1. The number of ether oxygens (including phenoxy) is 4. The maximum absolute atomic E-state index is 12.7. The summed E-state index contributed by atoms with van der Waals surface area (Å²) in [7, 11) is 1.60. The van der Waals surface area contributed by atoms with Gasteiger partial charge in [-0.2, -0.15) is 5.11 Å². The summed E-state index contributed by atoms with van der Waals surface area (Å²) in [5, 5.41) is 39.7. The van der Waals surface area contributed by atoms with Gasteiger partial charge in [-0.1, -0.05) is 37.6 Å². The van der Waals surface area contributed by atoms with E-state index < -0.39 is 28.8 Å². The number of aliphatic hydroxyl groups excluding tert-OH is 2. The summed E-state index contributed by atoms with van der Waals surface area (Å²) in [6.45, 7) is 16.6. The van der Waals surface area contributed by atoms with Gasteiger partial charge < -0.3 is 44.5 Å². The van der Waals surface area contributed by atoms with Gasteiger partial charge in [0.05, 0.1) is 25.4 Å². The smallest absolute Gasteiger partial charge is 0.410 e. The number of nitrogens with one attached hydrogen (secondary N) is 2. The lowest BCUT2D eigenvalue weighted by atomic mass is 9.57. The topological polar surface area (TPSA) is 166 Å². The van der Waals surface area contributed by atoms with Crippen LogP contribution in [0.4, 0.5) is 4.79 Å². The Kier molecular flexibility index (Phi) is 12.6. The number of nitrogens with zero attached hydrogens (tertiary/aromatic N) is 2. The van der Waals surface area contributed by atoms with Crippen LogP contribution in [0.5, 0.6) is 23.0 Å². The van der Waals surface area contributed by atoms with Crippen LogP contribution >= 0.6 is 0 Å². The van der Waals surface area contributed by atoms with Crippen LogP contribution in [0, 0.1) is 16.9 Å². The van der Waals surface area contributed by atoms with E-state index in [9.17, 15) is 20.1 Å². The molecule has 0 radical (unpaired) electrons. The second-order valence-corrected chi connectivity index (χ2v) is 17.2. The van der Waals surface area contributed by atoms with Crippen LogP contribution in [0.25, 0.3) is 12.2 Å². The van der Waals surface area contributed by atoms with Gasteiger partial charge in [0.2, 0.25) is 0 Å². The molecule has 5 rings (SSSR count). The Bertz CT molecular complexity index is 1830. The molecule has 1 amide bonds. The second kappa shape index (κ2) is 16.7. The molecule has 1 saturated heterocycles. The minimum absolute atomic E-state index is 0.0183. The number of benzene rings is 2. The fourth-order valence-electron chi connectivity index (χ4n) is 8.16. The van der Waals surface area contributed by atoms with E-state index in [2.05, 4.69) is 16.5 Å². The van der Waals surface area contributed by atoms with E-state index in [-0.39, 0.29) is 30.4 Å². The van der Waals surface area contributed by atoms with Crippen molar-refractivity contribution in [2.24, 2.45) is 16.4 Å². The fraction of sp³-hybridized carbons (Fsp3) is 0.558. The zero-order chi connectivity index (χ0) is 40.3. The predicted molar refractivity (Wildman–Crippen MR) is 212 cm³/mol. The van der Waals surface area contributed by atoms with Crippen LogP contribution in [-0.2, 0) is 17.6 Å². The maximum atomic E-state index is 12.7. The number of aliphatic hydroxyl groups is 2. The molecule has 2 aliphatic heterocycles. The van der Waals surface area contributed by atoms with Gasteiger partial charge in [-0.25, -0.2) is 10.3 Å². The number of carbonyl (C=O) groups is 1. The van der Waals surface area contributed by atoms with Crippen molar-refractivity contribution in [1.29, 1.82) is 5.53 Å². The van der Waals surface area contributed by atoms with Gasteiger partial charge in [0, 0.05) is 42.6 Å². The summed E-state index contributed by atoms with van der Waals surface area (Å²) in [5.41, 5.74) is 10.6. The Balaban J connectivity index is 1.34. The number of likely N-dealkylation sites (tertiary alicyclic amines) is 1. The molecule has 5 atom stereocenters. The van der Waals surface area contributed by atoms with Crippen molar-refractivity contribution < 1.29 is 39.1 Å². The van der Waals surface area contributed by atoms with Gasteiger partial charge in [0.25, 0.3) is 0 Å². The quantitative estimate of drug-likeness (QED) is 0.0825. The first-order chi connectivity index (χ1) is 25.8. The van der Waals surface area contributed by atoms with E-state index in [4.69, 9.17) is 24.5 Å². The largest absolute Gasteiger partial charge is 0.507 e. The van der Waals surface area contributed by atoms with Crippen LogP contribution in [0.1, 0.15) is 96.9 Å². The molecule has 2 aromatic carbocycles. The van der Waals surface area contributed by atoms with Crippen molar-refractivity contribution >= 4 is 18.2 Å². The lowest BCUT2D eigenvalue weighted by molar-refractivity contribution is -0.187. The molecule has 12 nitrogen and oxygen atoms in total. The second-order valence-electron chi connectivity index (χ2n) is 17.2. The molecule has 0 bridgehead atoms. The first kappa shape index (κ1) is 41.6. The van der Waals surface area contributed by atoms with E-state index in [1.165, 1.54) is 0 Å². The Labute approximate surface area is 325 Å². The number of hydrogen-bond acceptors (Lipinski definition) is 11. The third-order valence-corrected chi connectivity index (χ3v) is 11.0. The molecule has 2 heterocycles. The van der Waals surface area contributed by atoms with Crippen LogP contribution in [0.15, 0.2) is 52.9 Å². The fourth-order valence-corrected chi connectivity index (χ4v) is 8.16. The van der Waals surface area contributed by atoms with E-state index >= 15 is 0 Å². The number of carbonyl (C=O) groups excluding carboxylic acids is 1. The number of hydrogen-bond donors (Lipinski definition) is 5. The highest BCUT2D eigenvalue weighted by Gasteiger charge is 2.58. The lowest BCUT2D eigenvalue weighted by Crippen LogP contribution is -2.63. The van der Waals surface area contributed by atoms with Crippen LogP contribution in [0.2, 0.25) is 0 Å². The molecular formula is C43H60N4O8. The highest BCUT2D eigenvalue weighted by molar-refractivity contribution is 5.74. The Hall–Kier alpha value is -4.55. The number of phenols is 1. The van der Waals surface area contributed by atoms with Gasteiger partial charge in [0.15, 0.2) is 11.5 Å². The van der Waals surface area contributed by atoms with Crippen molar-refractivity contribution in [3.63, 3.8) is 0 Å². The van der Waals surface area contributed by atoms with E-state index in [0.29, 0.717) is 66.4 Å². The molecule has 55 heavy (non-hydrogen) atoms. The number of fused-ring (bicyclic) bond motifs is 2. The molecule has 12 heteroatoms. The third kappa shape index (κ3) is 9.64. The Morgan fingerprint density at radius 2 is 1.80 bits per heavy atom. The van der Waals surface area contributed by atoms with Gasteiger partial charge in [-0.3, -0.25) is 0 Å². The Morgan fingerprint density at radius 1 is 1.11 bits per heavy atom. The number of amides is 1. The van der Waals surface area contributed by atoms with E-state index in [0.717, 1.165) is 29.5 Å². The normalized spacial score (nSPS) is 24.7.